The van der Waals surface area contributed by atoms with Gasteiger partial charge >= 0.3 is 17.9 Å². The number of ketones is 1. The number of hydrogen-bond acceptors (Lipinski definition) is 13. The normalized spacial score (nSPS) is 14.1. The van der Waals surface area contributed by atoms with Gasteiger partial charge in [-0.05, 0) is 39.0 Å². The van der Waals surface area contributed by atoms with Crippen molar-refractivity contribution < 1.29 is 57.3 Å². The number of nitrogens with two attached hydrogens (primary N) is 1. The van der Waals surface area contributed by atoms with E-state index in [0.717, 1.165) is 25.7 Å². The Morgan fingerprint density at radius 1 is 0.600 bits per heavy atom. The van der Waals surface area contributed by atoms with Crippen LogP contribution in [0.5, 0.6) is 0 Å². The van der Waals surface area contributed by atoms with Gasteiger partial charge in [0.05, 0.1) is 45.1 Å². The van der Waals surface area contributed by atoms with E-state index in [0.29, 0.717) is 0 Å². The van der Waals surface area contributed by atoms with E-state index in [9.17, 15) is 38.4 Å². The zero-order chi connectivity index (χ0) is 36.9. The standard InChI is InChI=1S/C33H53N5O12/c1-23(39)26(34)7-12-31(44)48-21-17-38(30(43)11-9-28(41)36-25-5-6-25)18-22-50-33(46)14-13-32(45)49-20-16-37(15-19-47-2)29(42)10-8-27(40)35-24-3-4-24/h24-26H,3-22,34H2,1-2H3,(H,35,40)(H,36,41). The maximum Gasteiger partial charge on any atom is 0.306 e. The van der Waals surface area contributed by atoms with Crippen molar-refractivity contribution in [3.8, 4) is 0 Å². The second-order valence-corrected chi connectivity index (χ2v) is 12.4. The van der Waals surface area contributed by atoms with Crippen molar-refractivity contribution in [1.82, 2.24) is 20.4 Å². The van der Waals surface area contributed by atoms with Crippen LogP contribution >= 0.6 is 0 Å². The molecule has 2 saturated carbocycles. The second-order valence-electron chi connectivity index (χ2n) is 12.4. The highest BCUT2D eigenvalue weighted by molar-refractivity contribution is 5.85. The van der Waals surface area contributed by atoms with Gasteiger partial charge in [-0.25, -0.2) is 0 Å². The quantitative estimate of drug-likeness (QED) is 0.0723. The van der Waals surface area contributed by atoms with E-state index in [2.05, 4.69) is 10.6 Å². The molecule has 0 aromatic heterocycles. The van der Waals surface area contributed by atoms with Crippen LogP contribution in [0.3, 0.4) is 0 Å². The number of nitrogens with zero attached hydrogens (tertiary/aromatic N) is 2. The molecule has 0 aromatic carbocycles. The maximum absolute atomic E-state index is 12.9. The molecule has 0 saturated heterocycles. The molecule has 0 heterocycles. The number of esters is 3. The van der Waals surface area contributed by atoms with Crippen molar-refractivity contribution in [1.29, 1.82) is 0 Å². The average Bonchev–Trinajstić information content (AvgIpc) is 4.03. The predicted molar refractivity (Wildman–Crippen MR) is 176 cm³/mol. The minimum absolute atomic E-state index is 0.0172. The van der Waals surface area contributed by atoms with Crippen molar-refractivity contribution in [2.45, 2.75) is 102 Å². The minimum atomic E-state index is -0.769. The van der Waals surface area contributed by atoms with Crippen LogP contribution < -0.4 is 16.4 Å². The second kappa shape index (κ2) is 23.3. The summed E-state index contributed by atoms with van der Waals surface area (Å²) in [5, 5.41) is 5.64. The molecule has 17 nitrogen and oxygen atoms in total. The molecule has 1 unspecified atom stereocenters. The molecule has 4 amide bonds. The first-order chi connectivity index (χ1) is 23.9. The summed E-state index contributed by atoms with van der Waals surface area (Å²) in [7, 11) is 1.49. The largest absolute Gasteiger partial charge is 0.464 e. The molecule has 0 radical (unpaired) electrons. The van der Waals surface area contributed by atoms with Crippen LogP contribution in [-0.4, -0.2) is 135 Å². The molecule has 4 N–H and O–H groups in total. The minimum Gasteiger partial charge on any atom is -0.464 e. The van der Waals surface area contributed by atoms with Crippen LogP contribution in [0.25, 0.3) is 0 Å². The van der Waals surface area contributed by atoms with Crippen molar-refractivity contribution in [2.75, 3.05) is 59.7 Å². The lowest BCUT2D eigenvalue weighted by atomic mass is 10.1. The van der Waals surface area contributed by atoms with Crippen molar-refractivity contribution in [3.05, 3.63) is 0 Å². The molecule has 0 aromatic rings. The van der Waals surface area contributed by atoms with Gasteiger partial charge in [0.1, 0.15) is 25.6 Å². The third-order valence-corrected chi connectivity index (χ3v) is 7.88. The molecule has 1 atom stereocenters. The van der Waals surface area contributed by atoms with E-state index in [4.69, 9.17) is 24.7 Å². The number of methoxy groups -OCH3 is 1. The molecule has 2 rings (SSSR count). The van der Waals surface area contributed by atoms with Gasteiger partial charge in [-0.1, -0.05) is 0 Å². The summed E-state index contributed by atoms with van der Waals surface area (Å²) in [6, 6.07) is -0.406. The lowest BCUT2D eigenvalue weighted by molar-refractivity contribution is -0.152. The molecular weight excluding hydrogens is 658 g/mol. The van der Waals surface area contributed by atoms with E-state index < -0.39 is 29.9 Å². The number of rotatable bonds is 27. The van der Waals surface area contributed by atoms with Crippen LogP contribution in [0, 0.1) is 0 Å². The Bertz CT molecular complexity index is 1170. The van der Waals surface area contributed by atoms with Crippen molar-refractivity contribution in [3.63, 3.8) is 0 Å². The van der Waals surface area contributed by atoms with Crippen LogP contribution in [0.4, 0.5) is 0 Å². The van der Waals surface area contributed by atoms with Gasteiger partial charge in [-0.3, -0.25) is 38.4 Å². The number of carbonyl (C=O) groups excluding carboxylic acids is 8. The highest BCUT2D eigenvalue weighted by Gasteiger charge is 2.25. The number of nitrogens with one attached hydrogen (secondary N) is 2. The molecular formula is C33H53N5O12. The van der Waals surface area contributed by atoms with Crippen LogP contribution in [0.2, 0.25) is 0 Å². The van der Waals surface area contributed by atoms with Gasteiger partial charge in [0, 0.05) is 57.8 Å². The summed E-state index contributed by atoms with van der Waals surface area (Å²) in [6.45, 7) is 1.42. The monoisotopic (exact) mass is 711 g/mol. The predicted octanol–water partition coefficient (Wildman–Crippen LogP) is -0.486. The molecule has 17 heteroatoms. The molecule has 0 spiro atoms. The third-order valence-electron chi connectivity index (χ3n) is 7.88. The van der Waals surface area contributed by atoms with Crippen LogP contribution in [0.15, 0.2) is 0 Å². The van der Waals surface area contributed by atoms with E-state index >= 15 is 0 Å². The van der Waals surface area contributed by atoms with E-state index in [-0.39, 0.29) is 140 Å². The molecule has 50 heavy (non-hydrogen) atoms. The zero-order valence-corrected chi connectivity index (χ0v) is 29.2. The number of Topliss-reactive ketones (excluding diaryl/α,β-unsaturated/α-hetero) is 1. The molecule has 0 aliphatic heterocycles. The lowest BCUT2D eigenvalue weighted by Gasteiger charge is -2.23. The van der Waals surface area contributed by atoms with Gasteiger partial charge in [-0.2, -0.15) is 0 Å². The highest BCUT2D eigenvalue weighted by atomic mass is 16.5. The Morgan fingerprint density at radius 2 is 0.980 bits per heavy atom. The Kier molecular flexibility index (Phi) is 19.6. The van der Waals surface area contributed by atoms with Gasteiger partial charge in [0.25, 0.3) is 0 Å². The third kappa shape index (κ3) is 19.8. The van der Waals surface area contributed by atoms with Gasteiger partial charge in [0.2, 0.25) is 23.6 Å². The summed E-state index contributed by atoms with van der Waals surface area (Å²) >= 11 is 0. The van der Waals surface area contributed by atoms with Gasteiger partial charge in [0.15, 0.2) is 0 Å². The van der Waals surface area contributed by atoms with Crippen LogP contribution in [0.1, 0.15) is 84.0 Å². The van der Waals surface area contributed by atoms with Crippen LogP contribution in [-0.2, 0) is 57.3 Å². The molecule has 2 aliphatic carbocycles. The zero-order valence-electron chi connectivity index (χ0n) is 29.2. The topological polar surface area (TPSA) is 230 Å². The smallest absolute Gasteiger partial charge is 0.306 e. The summed E-state index contributed by atoms with van der Waals surface area (Å²) in [5.41, 5.74) is 5.64. The summed E-state index contributed by atoms with van der Waals surface area (Å²) < 4.78 is 20.6. The maximum atomic E-state index is 12.9. The molecule has 0 bridgehead atoms. The fourth-order valence-electron chi connectivity index (χ4n) is 4.44. The van der Waals surface area contributed by atoms with Crippen molar-refractivity contribution in [2.24, 2.45) is 5.73 Å². The first kappa shape index (κ1) is 42.0. The van der Waals surface area contributed by atoms with Gasteiger partial charge < -0.3 is 45.1 Å². The Morgan fingerprint density at radius 3 is 1.34 bits per heavy atom. The molecule has 2 fully saturated rings. The first-order valence-electron chi connectivity index (χ1n) is 17.2. The fraction of sp³-hybridized carbons (Fsp3) is 0.758. The lowest BCUT2D eigenvalue weighted by Crippen LogP contribution is -2.38. The average molecular weight is 712 g/mol. The number of ether oxygens (including phenoxy) is 4. The fourth-order valence-corrected chi connectivity index (χ4v) is 4.44. The number of amides is 4. The number of carbonyl (C=O) groups is 8. The highest BCUT2D eigenvalue weighted by Crippen LogP contribution is 2.19. The summed E-state index contributed by atoms with van der Waals surface area (Å²) in [4.78, 5) is 100. The first-order valence-corrected chi connectivity index (χ1v) is 17.2. The Hall–Kier alpha value is -4.12. The summed E-state index contributed by atoms with van der Waals surface area (Å²) in [5.74, 6) is -3.29. The molecule has 282 valence electrons. The Labute approximate surface area is 292 Å². The Balaban J connectivity index is 1.71. The van der Waals surface area contributed by atoms with E-state index in [1.54, 1.807) is 0 Å². The molecule has 2 aliphatic rings. The van der Waals surface area contributed by atoms with E-state index in [1.165, 1.54) is 23.8 Å². The van der Waals surface area contributed by atoms with E-state index in [1.807, 2.05) is 0 Å². The number of hydrogen-bond donors (Lipinski definition) is 3. The van der Waals surface area contributed by atoms with Gasteiger partial charge in [-0.15, -0.1) is 0 Å². The summed E-state index contributed by atoms with van der Waals surface area (Å²) in [6.07, 6.45) is 3.20. The SMILES string of the molecule is COCCN(CCOC(=O)CCC(=O)OCCN(CCOC(=O)CCC(N)C(C)=O)C(=O)CCC(=O)NC1CC1)C(=O)CCC(=O)NC1CC1. The van der Waals surface area contributed by atoms with Crippen molar-refractivity contribution >= 4 is 47.3 Å².